The van der Waals surface area contributed by atoms with E-state index in [0.29, 0.717) is 0 Å². The minimum absolute atomic E-state index is 0.817. The smallest absolute Gasteiger partial charge is 0.0541 e. The van der Waals surface area contributed by atoms with Gasteiger partial charge in [0.25, 0.3) is 0 Å². The lowest BCUT2D eigenvalue weighted by atomic mass is 10.0. The van der Waals surface area contributed by atoms with Gasteiger partial charge in [-0.1, -0.05) is 30.3 Å². The Morgan fingerprint density at radius 3 is 2.61 bits per heavy atom. The molecule has 0 aliphatic heterocycles. The van der Waals surface area contributed by atoms with Crippen molar-refractivity contribution >= 4 is 0 Å². The van der Waals surface area contributed by atoms with Crippen LogP contribution >= 0.6 is 0 Å². The molecular weight excluding hydrogens is 220 g/mol. The number of pyridine rings is 1. The monoisotopic (exact) mass is 238 g/mol. The van der Waals surface area contributed by atoms with Crippen LogP contribution in [0.1, 0.15) is 35.6 Å². The third kappa shape index (κ3) is 2.77. The Morgan fingerprint density at radius 1 is 1.00 bits per heavy atom. The van der Waals surface area contributed by atoms with E-state index in [2.05, 4.69) is 40.6 Å². The predicted molar refractivity (Wildman–Crippen MR) is 73.2 cm³/mol. The summed E-state index contributed by atoms with van der Waals surface area (Å²) in [6, 6.07) is 14.8. The van der Waals surface area contributed by atoms with Gasteiger partial charge in [-0.15, -0.1) is 0 Å². The molecule has 0 radical (unpaired) electrons. The van der Waals surface area contributed by atoms with Crippen LogP contribution in [-0.4, -0.2) is 4.98 Å². The maximum Gasteiger partial charge on any atom is 0.0541 e. The number of aromatic nitrogens is 1. The standard InChI is InChI=1S/C16H18N2/c1-2-7-16(13-8-9-13)14(5-1)11-17-12-15-6-3-4-10-18-15/h1-7,10,13,17H,8-9,11-12H2. The molecule has 1 fully saturated rings. The molecule has 1 N–H and O–H groups in total. The van der Waals surface area contributed by atoms with Crippen LogP contribution in [0, 0.1) is 0 Å². The van der Waals surface area contributed by atoms with Gasteiger partial charge in [0.1, 0.15) is 0 Å². The topological polar surface area (TPSA) is 24.9 Å². The minimum atomic E-state index is 0.817. The van der Waals surface area contributed by atoms with Crippen LogP contribution in [0.15, 0.2) is 48.7 Å². The molecule has 3 rings (SSSR count). The van der Waals surface area contributed by atoms with Crippen molar-refractivity contribution in [3.8, 4) is 0 Å². The molecule has 0 amide bonds. The Hall–Kier alpha value is -1.67. The first-order chi connectivity index (χ1) is 8.93. The van der Waals surface area contributed by atoms with Gasteiger partial charge in [-0.3, -0.25) is 4.98 Å². The molecular formula is C16H18N2. The second-order valence-electron chi connectivity index (χ2n) is 4.90. The fourth-order valence-corrected chi connectivity index (χ4v) is 2.32. The van der Waals surface area contributed by atoms with Crippen molar-refractivity contribution in [2.75, 3.05) is 0 Å². The molecule has 2 nitrogen and oxygen atoms in total. The molecule has 0 saturated heterocycles. The van der Waals surface area contributed by atoms with Crippen molar-refractivity contribution in [1.29, 1.82) is 0 Å². The fraction of sp³-hybridized carbons (Fsp3) is 0.312. The molecule has 2 aromatic rings. The number of benzene rings is 1. The lowest BCUT2D eigenvalue weighted by Crippen LogP contribution is -2.14. The number of nitrogens with one attached hydrogen (secondary N) is 1. The molecule has 0 spiro atoms. The molecule has 1 saturated carbocycles. The first kappa shape index (κ1) is 11.4. The zero-order chi connectivity index (χ0) is 12.2. The van der Waals surface area contributed by atoms with E-state index in [0.717, 1.165) is 24.7 Å². The van der Waals surface area contributed by atoms with Gasteiger partial charge in [0, 0.05) is 19.3 Å². The molecule has 0 unspecified atom stereocenters. The Kier molecular flexibility index (Phi) is 3.37. The van der Waals surface area contributed by atoms with Gasteiger partial charge in [-0.05, 0) is 42.0 Å². The first-order valence-electron chi connectivity index (χ1n) is 6.62. The summed E-state index contributed by atoms with van der Waals surface area (Å²) in [5, 5.41) is 3.48. The van der Waals surface area contributed by atoms with Crippen LogP contribution in [-0.2, 0) is 13.1 Å². The van der Waals surface area contributed by atoms with Crippen molar-refractivity contribution in [2.24, 2.45) is 0 Å². The Bertz CT molecular complexity index is 504. The van der Waals surface area contributed by atoms with Gasteiger partial charge < -0.3 is 5.32 Å². The maximum atomic E-state index is 4.32. The SMILES string of the molecule is c1ccc(CNCc2ccccc2C2CC2)nc1. The van der Waals surface area contributed by atoms with E-state index in [1.165, 1.54) is 24.0 Å². The third-order valence-electron chi connectivity index (χ3n) is 3.42. The first-order valence-corrected chi connectivity index (χ1v) is 6.62. The number of hydrogen-bond donors (Lipinski definition) is 1. The van der Waals surface area contributed by atoms with E-state index in [9.17, 15) is 0 Å². The molecule has 1 aliphatic carbocycles. The lowest BCUT2D eigenvalue weighted by Gasteiger charge is -2.09. The molecule has 1 aromatic heterocycles. The van der Waals surface area contributed by atoms with E-state index < -0.39 is 0 Å². The summed E-state index contributed by atoms with van der Waals surface area (Å²) in [5.74, 6) is 0.817. The van der Waals surface area contributed by atoms with Crippen LogP contribution in [0.5, 0.6) is 0 Å². The van der Waals surface area contributed by atoms with Gasteiger partial charge in [0.15, 0.2) is 0 Å². The summed E-state index contributed by atoms with van der Waals surface area (Å²) in [4.78, 5) is 4.32. The second kappa shape index (κ2) is 5.32. The highest BCUT2D eigenvalue weighted by molar-refractivity contribution is 5.33. The van der Waals surface area contributed by atoms with Crippen LogP contribution in [0.4, 0.5) is 0 Å². The van der Waals surface area contributed by atoms with E-state index >= 15 is 0 Å². The normalized spacial score (nSPS) is 14.7. The van der Waals surface area contributed by atoms with E-state index in [1.54, 1.807) is 0 Å². The van der Waals surface area contributed by atoms with Gasteiger partial charge in [-0.25, -0.2) is 0 Å². The molecule has 2 heteroatoms. The number of nitrogens with zero attached hydrogens (tertiary/aromatic N) is 1. The summed E-state index contributed by atoms with van der Waals surface area (Å²) in [7, 11) is 0. The van der Waals surface area contributed by atoms with Gasteiger partial charge in [0.05, 0.1) is 5.69 Å². The number of rotatable bonds is 5. The van der Waals surface area contributed by atoms with E-state index in [1.807, 2.05) is 18.3 Å². The maximum absolute atomic E-state index is 4.32. The molecule has 92 valence electrons. The summed E-state index contributed by atoms with van der Waals surface area (Å²) < 4.78 is 0. The van der Waals surface area contributed by atoms with E-state index in [4.69, 9.17) is 0 Å². The Morgan fingerprint density at radius 2 is 1.83 bits per heavy atom. The summed E-state index contributed by atoms with van der Waals surface area (Å²) in [5.41, 5.74) is 4.07. The highest BCUT2D eigenvalue weighted by atomic mass is 14.9. The highest BCUT2D eigenvalue weighted by Gasteiger charge is 2.25. The number of hydrogen-bond acceptors (Lipinski definition) is 2. The van der Waals surface area contributed by atoms with Gasteiger partial charge >= 0.3 is 0 Å². The molecule has 1 heterocycles. The minimum Gasteiger partial charge on any atom is -0.307 e. The quantitative estimate of drug-likeness (QED) is 0.865. The average molecular weight is 238 g/mol. The summed E-state index contributed by atoms with van der Waals surface area (Å²) in [6.07, 6.45) is 4.56. The molecule has 1 aromatic carbocycles. The zero-order valence-corrected chi connectivity index (χ0v) is 10.5. The molecule has 0 atom stereocenters. The fourth-order valence-electron chi connectivity index (χ4n) is 2.32. The molecule has 0 bridgehead atoms. The molecule has 1 aliphatic rings. The van der Waals surface area contributed by atoms with Crippen LogP contribution in [0.3, 0.4) is 0 Å². The Labute approximate surface area is 108 Å². The van der Waals surface area contributed by atoms with Crippen LogP contribution in [0.2, 0.25) is 0 Å². The highest BCUT2D eigenvalue weighted by Crippen LogP contribution is 2.41. The summed E-state index contributed by atoms with van der Waals surface area (Å²) in [6.45, 7) is 1.77. The molecule has 18 heavy (non-hydrogen) atoms. The van der Waals surface area contributed by atoms with E-state index in [-0.39, 0.29) is 0 Å². The van der Waals surface area contributed by atoms with Crippen molar-refractivity contribution in [2.45, 2.75) is 31.8 Å². The van der Waals surface area contributed by atoms with Gasteiger partial charge in [-0.2, -0.15) is 0 Å². The summed E-state index contributed by atoms with van der Waals surface area (Å²) >= 11 is 0. The third-order valence-corrected chi connectivity index (χ3v) is 3.42. The van der Waals surface area contributed by atoms with Gasteiger partial charge in [0.2, 0.25) is 0 Å². The van der Waals surface area contributed by atoms with Crippen LogP contribution < -0.4 is 5.32 Å². The van der Waals surface area contributed by atoms with Crippen LogP contribution in [0.25, 0.3) is 0 Å². The second-order valence-corrected chi connectivity index (χ2v) is 4.90. The Balaban J connectivity index is 1.60. The predicted octanol–water partition coefficient (Wildman–Crippen LogP) is 3.25. The van der Waals surface area contributed by atoms with Crippen molar-refractivity contribution < 1.29 is 0 Å². The zero-order valence-electron chi connectivity index (χ0n) is 10.5. The van der Waals surface area contributed by atoms with Crippen molar-refractivity contribution in [3.63, 3.8) is 0 Å². The lowest BCUT2D eigenvalue weighted by molar-refractivity contribution is 0.675. The van der Waals surface area contributed by atoms with Crippen molar-refractivity contribution in [3.05, 3.63) is 65.5 Å². The largest absolute Gasteiger partial charge is 0.307 e. The van der Waals surface area contributed by atoms with Crippen molar-refractivity contribution in [1.82, 2.24) is 10.3 Å². The average Bonchev–Trinajstić information content (AvgIpc) is 3.25.